The molecule has 16 heteroatoms. The summed E-state index contributed by atoms with van der Waals surface area (Å²) in [5.74, 6) is -1.60. The van der Waals surface area contributed by atoms with Gasteiger partial charge in [-0.25, -0.2) is 13.2 Å². The maximum Gasteiger partial charge on any atom is 0.319 e. The van der Waals surface area contributed by atoms with Gasteiger partial charge in [-0.3, -0.25) is 4.90 Å². The van der Waals surface area contributed by atoms with Crippen molar-refractivity contribution in [2.24, 2.45) is 0 Å². The van der Waals surface area contributed by atoms with Crippen LogP contribution >= 0.6 is 22.9 Å². The Balaban J connectivity index is 1.36. The van der Waals surface area contributed by atoms with Gasteiger partial charge in [0.2, 0.25) is 0 Å². The van der Waals surface area contributed by atoms with E-state index in [-0.39, 0.29) is 117 Å². The quantitative estimate of drug-likeness (QED) is 0.235. The molecule has 9 nitrogen and oxygen atoms in total. The molecule has 0 spiro atoms. The first kappa shape index (κ1) is 31.3. The molecule has 6 heterocycles. The highest BCUT2D eigenvalue weighted by Gasteiger charge is 2.49. The Labute approximate surface area is 279 Å². The number of nitriles is 1. The molecule has 1 unspecified atom stereocenters. The number of rotatable bonds is 4. The second-order valence-corrected chi connectivity index (χ2v) is 13.9. The number of fused-ring (bicyclic) bond motifs is 4. The minimum Gasteiger partial charge on any atom is -0.489 e. The second kappa shape index (κ2) is 11.6. The number of alkyl halides is 1. The number of thiophene rings is 1. The smallest absolute Gasteiger partial charge is 0.319 e. The third kappa shape index (κ3) is 4.75. The van der Waals surface area contributed by atoms with Crippen LogP contribution in [0.25, 0.3) is 32.1 Å². The molecule has 3 atom stereocenters. The molecular weight excluding hydrogens is 679 g/mol. The first-order chi connectivity index (χ1) is 23.1. The van der Waals surface area contributed by atoms with Crippen molar-refractivity contribution in [3.63, 3.8) is 0 Å². The highest BCUT2D eigenvalue weighted by Crippen LogP contribution is 2.51. The molecule has 0 saturated carbocycles. The highest BCUT2D eigenvalue weighted by atomic mass is 35.5. The average molecular weight is 705 g/mol. The number of hydrogen-bond acceptors (Lipinski definition) is 10. The van der Waals surface area contributed by atoms with Gasteiger partial charge in [-0.05, 0) is 31.0 Å². The third-order valence-corrected chi connectivity index (χ3v) is 11.1. The second-order valence-electron chi connectivity index (χ2n) is 12.5. The summed E-state index contributed by atoms with van der Waals surface area (Å²) < 4.78 is 92.5. The van der Waals surface area contributed by atoms with Crippen molar-refractivity contribution in [2.75, 3.05) is 56.7 Å². The molecule has 2 aromatic heterocycles. The average Bonchev–Trinajstić information content (AvgIpc) is 3.59. The number of nitrogens with zero attached hydrogens (tertiary/aromatic N) is 5. The van der Waals surface area contributed by atoms with Crippen LogP contribution in [0.5, 0.6) is 11.8 Å². The number of halogens is 6. The Morgan fingerprint density at radius 2 is 2.06 bits per heavy atom. The molecular formula is C32H26ClF5N6O3S. The molecule has 250 valence electrons. The molecule has 48 heavy (non-hydrogen) atoms. The molecule has 8 rings (SSSR count). The minimum atomic E-state index is -1.91. The summed E-state index contributed by atoms with van der Waals surface area (Å²) in [5.41, 5.74) is 4.70. The standard InChI is InChI=1S/C32H26ClF5N6O3S/c33-23-21(17-2-3-19(35)27-20(17)18(7-39)29(40)48-27)24(36)25-22-26(23)46-12-16-11-45-10-14(28(37)38)8-44(16)30(22)42-31(41-25)47-13-32-4-1-5-43(32)9-15(34)6-32/h2-3,15-16H,1,4-6,8-13,40H2/t15-,16?,32+/m1/s1. The number of anilines is 2. The predicted octanol–water partition coefficient (Wildman–Crippen LogP) is 6.60. The van der Waals surface area contributed by atoms with Crippen LogP contribution in [0.3, 0.4) is 0 Å². The summed E-state index contributed by atoms with van der Waals surface area (Å²) in [4.78, 5) is 12.7. The van der Waals surface area contributed by atoms with Crippen molar-refractivity contribution >= 4 is 54.7 Å². The van der Waals surface area contributed by atoms with Crippen molar-refractivity contribution in [3.05, 3.63) is 46.0 Å². The largest absolute Gasteiger partial charge is 0.489 e. The molecule has 3 saturated heterocycles. The summed E-state index contributed by atoms with van der Waals surface area (Å²) in [7, 11) is 0. The lowest BCUT2D eigenvalue weighted by Gasteiger charge is -2.31. The molecule has 4 aliphatic heterocycles. The van der Waals surface area contributed by atoms with E-state index < -0.39 is 35.5 Å². The third-order valence-electron chi connectivity index (χ3n) is 9.72. The zero-order valence-corrected chi connectivity index (χ0v) is 26.7. The van der Waals surface area contributed by atoms with E-state index in [1.165, 1.54) is 6.07 Å². The van der Waals surface area contributed by atoms with Crippen molar-refractivity contribution in [1.82, 2.24) is 14.9 Å². The fourth-order valence-electron chi connectivity index (χ4n) is 7.50. The van der Waals surface area contributed by atoms with Crippen LogP contribution in [-0.4, -0.2) is 78.7 Å². The van der Waals surface area contributed by atoms with Gasteiger partial charge in [-0.15, -0.1) is 11.3 Å². The Morgan fingerprint density at radius 3 is 2.85 bits per heavy atom. The van der Waals surface area contributed by atoms with E-state index in [2.05, 4.69) is 9.97 Å². The summed E-state index contributed by atoms with van der Waals surface area (Å²) in [5, 5.41) is 9.82. The summed E-state index contributed by atoms with van der Waals surface area (Å²) in [6.07, 6.45) is -1.11. The lowest BCUT2D eigenvalue weighted by Crippen LogP contribution is -2.44. The first-order valence-corrected chi connectivity index (χ1v) is 16.5. The zero-order chi connectivity index (χ0) is 33.5. The molecule has 0 bridgehead atoms. The number of nitrogens with two attached hydrogens (primary N) is 1. The predicted molar refractivity (Wildman–Crippen MR) is 170 cm³/mol. The van der Waals surface area contributed by atoms with Gasteiger partial charge in [0.15, 0.2) is 11.6 Å². The van der Waals surface area contributed by atoms with Crippen LogP contribution in [0.15, 0.2) is 23.8 Å². The van der Waals surface area contributed by atoms with E-state index in [9.17, 15) is 22.8 Å². The Bertz CT molecular complexity index is 2090. The van der Waals surface area contributed by atoms with Gasteiger partial charge in [0.1, 0.15) is 47.6 Å². The maximum atomic E-state index is 17.1. The Morgan fingerprint density at radius 1 is 1.23 bits per heavy atom. The fourth-order valence-corrected chi connectivity index (χ4v) is 8.79. The Hall–Kier alpha value is -3.97. The van der Waals surface area contributed by atoms with Gasteiger partial charge in [-0.1, -0.05) is 17.7 Å². The minimum absolute atomic E-state index is 0.0191. The van der Waals surface area contributed by atoms with Crippen molar-refractivity contribution < 1.29 is 36.2 Å². The zero-order valence-electron chi connectivity index (χ0n) is 25.1. The molecule has 4 aliphatic rings. The summed E-state index contributed by atoms with van der Waals surface area (Å²) in [6, 6.07) is 3.50. The summed E-state index contributed by atoms with van der Waals surface area (Å²) >= 11 is 7.79. The van der Waals surface area contributed by atoms with Gasteiger partial charge in [0.05, 0.1) is 45.5 Å². The topological polar surface area (TPSA) is 110 Å². The van der Waals surface area contributed by atoms with Crippen molar-refractivity contribution in [2.45, 2.75) is 37.0 Å². The maximum absolute atomic E-state index is 17.1. The molecule has 0 aliphatic carbocycles. The van der Waals surface area contributed by atoms with E-state index >= 15 is 4.39 Å². The SMILES string of the molecule is N#Cc1c(N)sc2c(F)ccc(-c3c(Cl)c4c5c(nc(OC[C@@]67CCCN6C[C@H](F)C7)nc5c3F)N3CC(=C(F)F)COCC3CO4)c12. The van der Waals surface area contributed by atoms with Gasteiger partial charge in [-0.2, -0.15) is 24.0 Å². The lowest BCUT2D eigenvalue weighted by molar-refractivity contribution is 0.107. The van der Waals surface area contributed by atoms with E-state index in [0.717, 1.165) is 23.8 Å². The van der Waals surface area contributed by atoms with Crippen LogP contribution in [0.4, 0.5) is 32.8 Å². The lowest BCUT2D eigenvalue weighted by atomic mass is 9.95. The van der Waals surface area contributed by atoms with E-state index in [0.29, 0.717) is 13.0 Å². The number of ether oxygens (including phenoxy) is 3. The van der Waals surface area contributed by atoms with Crippen molar-refractivity contribution in [3.8, 4) is 29.0 Å². The van der Waals surface area contributed by atoms with Crippen LogP contribution < -0.4 is 20.1 Å². The van der Waals surface area contributed by atoms with Crippen LogP contribution in [0, 0.1) is 23.0 Å². The van der Waals surface area contributed by atoms with Gasteiger partial charge >= 0.3 is 6.01 Å². The molecule has 4 aromatic rings. The Kier molecular flexibility index (Phi) is 7.55. The van der Waals surface area contributed by atoms with Crippen molar-refractivity contribution in [1.29, 1.82) is 5.26 Å². The van der Waals surface area contributed by atoms with Gasteiger partial charge < -0.3 is 24.8 Å². The van der Waals surface area contributed by atoms with Crippen LogP contribution in [0.1, 0.15) is 24.8 Å². The van der Waals surface area contributed by atoms with Crippen LogP contribution in [0.2, 0.25) is 5.02 Å². The highest BCUT2D eigenvalue weighted by molar-refractivity contribution is 7.23. The van der Waals surface area contributed by atoms with E-state index in [1.807, 2.05) is 11.0 Å². The van der Waals surface area contributed by atoms with Gasteiger partial charge in [0, 0.05) is 36.0 Å². The van der Waals surface area contributed by atoms with Crippen LogP contribution in [-0.2, 0) is 4.74 Å². The monoisotopic (exact) mass is 704 g/mol. The van der Waals surface area contributed by atoms with E-state index in [4.69, 9.17) is 31.5 Å². The molecule has 2 aromatic carbocycles. The molecule has 2 N–H and O–H groups in total. The molecule has 3 fully saturated rings. The number of nitrogen functional groups attached to an aromatic ring is 1. The number of aromatic nitrogens is 2. The van der Waals surface area contributed by atoms with E-state index in [1.54, 1.807) is 4.90 Å². The fraction of sp³-hybridized carbons (Fsp3) is 0.406. The number of benzene rings is 2. The number of hydrogen-bond donors (Lipinski definition) is 1. The molecule has 0 radical (unpaired) electrons. The van der Waals surface area contributed by atoms with Gasteiger partial charge in [0.25, 0.3) is 6.08 Å². The first-order valence-electron chi connectivity index (χ1n) is 15.3. The summed E-state index contributed by atoms with van der Waals surface area (Å²) in [6.45, 7) is 0.287. The molecule has 0 amide bonds. The normalized spacial score (nSPS) is 23.9.